The molecule has 0 amide bonds. The van der Waals surface area contributed by atoms with Gasteiger partial charge in [0.1, 0.15) is 11.8 Å². The molecule has 0 bridgehead atoms. The highest BCUT2D eigenvalue weighted by atomic mass is 79.9. The van der Waals surface area contributed by atoms with Crippen molar-refractivity contribution < 1.29 is 24.2 Å². The van der Waals surface area contributed by atoms with Gasteiger partial charge in [0.15, 0.2) is 4.80 Å². The first-order chi connectivity index (χ1) is 21.1. The number of thiazole rings is 1. The molecule has 4 aromatic rings. The number of aryl methyl sites for hydroxylation is 1. The number of rotatable bonds is 9. The van der Waals surface area contributed by atoms with Crippen LogP contribution in [0.5, 0.6) is 5.75 Å². The van der Waals surface area contributed by atoms with Gasteiger partial charge in [0.25, 0.3) is 5.56 Å². The minimum atomic E-state index is -1.00. The van der Waals surface area contributed by atoms with Crippen LogP contribution in [0.2, 0.25) is 0 Å². The number of hydrogen-bond acceptors (Lipinski definition) is 7. The SMILES string of the molecule is CCCC1=C(C(=O)OCC)[C@@H](c2cc(Br)ccc2OC)n2c(s/c(=C/c3cc(C)n(-c4cccc(C(=O)O)c4)c3C)c2=O)=N1. The van der Waals surface area contributed by atoms with Gasteiger partial charge in [0.05, 0.1) is 35.1 Å². The summed E-state index contributed by atoms with van der Waals surface area (Å²) in [6.07, 6.45) is 3.10. The van der Waals surface area contributed by atoms with E-state index in [1.54, 1.807) is 42.9 Å². The summed E-state index contributed by atoms with van der Waals surface area (Å²) in [4.78, 5) is 44.7. The number of methoxy groups -OCH3 is 1. The lowest BCUT2D eigenvalue weighted by Gasteiger charge is -2.27. The molecule has 3 heterocycles. The monoisotopic (exact) mass is 677 g/mol. The average molecular weight is 679 g/mol. The number of esters is 1. The van der Waals surface area contributed by atoms with Gasteiger partial charge in [-0.15, -0.1) is 0 Å². The highest BCUT2D eigenvalue weighted by molar-refractivity contribution is 9.10. The van der Waals surface area contributed by atoms with Crippen LogP contribution in [0, 0.1) is 13.8 Å². The van der Waals surface area contributed by atoms with Gasteiger partial charge < -0.3 is 19.1 Å². The van der Waals surface area contributed by atoms with E-state index >= 15 is 0 Å². The first kappa shape index (κ1) is 31.2. The number of carbonyl (C=O) groups excluding carboxylic acids is 1. The zero-order valence-electron chi connectivity index (χ0n) is 25.0. The normalized spacial score (nSPS) is 14.8. The maximum atomic E-state index is 14.3. The van der Waals surface area contributed by atoms with Gasteiger partial charge in [-0.25, -0.2) is 14.6 Å². The van der Waals surface area contributed by atoms with Crippen LogP contribution in [-0.2, 0) is 9.53 Å². The molecule has 0 aliphatic carbocycles. The van der Waals surface area contributed by atoms with Crippen molar-refractivity contribution in [2.24, 2.45) is 4.99 Å². The van der Waals surface area contributed by atoms with Gasteiger partial charge >= 0.3 is 11.9 Å². The van der Waals surface area contributed by atoms with E-state index in [9.17, 15) is 19.5 Å². The number of ether oxygens (including phenoxy) is 2. The molecule has 0 unspecified atom stereocenters. The summed E-state index contributed by atoms with van der Waals surface area (Å²) in [6, 6.07) is 13.4. The minimum absolute atomic E-state index is 0.180. The maximum Gasteiger partial charge on any atom is 0.338 e. The number of aromatic carboxylic acids is 1. The second-order valence-corrected chi connectivity index (χ2v) is 12.2. The van der Waals surface area contributed by atoms with Crippen LogP contribution in [0.4, 0.5) is 0 Å². The molecule has 9 nitrogen and oxygen atoms in total. The first-order valence-electron chi connectivity index (χ1n) is 14.2. The van der Waals surface area contributed by atoms with Crippen molar-refractivity contribution in [1.82, 2.24) is 9.13 Å². The molecule has 11 heteroatoms. The summed E-state index contributed by atoms with van der Waals surface area (Å²) in [5.74, 6) is -0.996. The summed E-state index contributed by atoms with van der Waals surface area (Å²) < 4.78 is 15.9. The Kier molecular flexibility index (Phi) is 9.07. The quantitative estimate of drug-likeness (QED) is 0.236. The van der Waals surface area contributed by atoms with E-state index in [4.69, 9.17) is 14.5 Å². The molecule has 2 aromatic heterocycles. The Bertz CT molecular complexity index is 2000. The van der Waals surface area contributed by atoms with Crippen LogP contribution < -0.4 is 19.6 Å². The number of aromatic nitrogens is 2. The molecule has 2 aromatic carbocycles. The Morgan fingerprint density at radius 1 is 1.14 bits per heavy atom. The molecule has 1 N–H and O–H groups in total. The van der Waals surface area contributed by atoms with Gasteiger partial charge in [0.2, 0.25) is 0 Å². The molecular weight excluding hydrogens is 646 g/mol. The molecule has 1 aliphatic rings. The summed E-state index contributed by atoms with van der Waals surface area (Å²) in [6.45, 7) is 7.80. The predicted octanol–water partition coefficient (Wildman–Crippen LogP) is 5.46. The Labute approximate surface area is 266 Å². The number of carboxylic acid groups (broad SMARTS) is 1. The molecule has 5 rings (SSSR count). The summed E-state index contributed by atoms with van der Waals surface area (Å²) in [5.41, 5.74) is 4.69. The third-order valence-electron chi connectivity index (χ3n) is 7.49. The molecule has 1 aliphatic heterocycles. The zero-order chi connectivity index (χ0) is 31.7. The smallest absolute Gasteiger partial charge is 0.338 e. The van der Waals surface area contributed by atoms with Crippen LogP contribution in [0.25, 0.3) is 11.8 Å². The van der Waals surface area contributed by atoms with Gasteiger partial charge in [-0.1, -0.05) is 46.7 Å². The lowest BCUT2D eigenvalue weighted by molar-refractivity contribution is -0.139. The molecule has 0 saturated heterocycles. The molecule has 1 atom stereocenters. The standard InChI is InChI=1S/C33H32BrN3O6S/c1-6-9-25-28(32(41)43-7-2)29(24-17-22(34)12-13-26(24)42-5)37-30(38)27(44-33(37)35-25)16-21-14-18(3)36(19(21)4)23-11-8-10-20(15-23)31(39)40/h8,10-17,29H,6-7,9H2,1-5H3,(H,39,40)/b27-16+/t29-/m1/s1. The number of nitrogens with zero attached hydrogens (tertiary/aromatic N) is 3. The van der Waals surface area contributed by atoms with E-state index in [-0.39, 0.29) is 17.7 Å². The number of carbonyl (C=O) groups is 2. The van der Waals surface area contributed by atoms with E-state index in [1.807, 2.05) is 55.7 Å². The topological polar surface area (TPSA) is 112 Å². The van der Waals surface area contributed by atoms with Crippen molar-refractivity contribution in [2.45, 2.75) is 46.6 Å². The molecule has 44 heavy (non-hydrogen) atoms. The van der Waals surface area contributed by atoms with Gasteiger partial charge in [-0.2, -0.15) is 0 Å². The Morgan fingerprint density at radius 3 is 2.59 bits per heavy atom. The number of halogens is 1. The Balaban J connectivity index is 1.75. The Morgan fingerprint density at radius 2 is 1.91 bits per heavy atom. The summed E-state index contributed by atoms with van der Waals surface area (Å²) in [5, 5.41) is 9.49. The van der Waals surface area contributed by atoms with E-state index < -0.39 is 18.0 Å². The minimum Gasteiger partial charge on any atom is -0.496 e. The van der Waals surface area contributed by atoms with Crippen LogP contribution in [-0.4, -0.2) is 39.9 Å². The lowest BCUT2D eigenvalue weighted by atomic mass is 9.93. The van der Waals surface area contributed by atoms with Crippen molar-refractivity contribution in [2.75, 3.05) is 13.7 Å². The second-order valence-electron chi connectivity index (χ2n) is 10.3. The van der Waals surface area contributed by atoms with Crippen LogP contribution in [0.15, 0.2) is 74.1 Å². The third-order valence-corrected chi connectivity index (χ3v) is 8.96. The van der Waals surface area contributed by atoms with Crippen molar-refractivity contribution >= 4 is 45.3 Å². The number of hydrogen-bond donors (Lipinski definition) is 1. The molecular formula is C33H32BrN3O6S. The lowest BCUT2D eigenvalue weighted by Crippen LogP contribution is -2.40. The van der Waals surface area contributed by atoms with Crippen LogP contribution >= 0.6 is 27.3 Å². The molecule has 0 fully saturated rings. The molecule has 0 saturated carbocycles. The van der Waals surface area contributed by atoms with Gasteiger partial charge in [-0.3, -0.25) is 9.36 Å². The summed E-state index contributed by atoms with van der Waals surface area (Å²) >= 11 is 4.80. The van der Waals surface area contributed by atoms with Crippen molar-refractivity contribution in [3.05, 3.63) is 112 Å². The van der Waals surface area contributed by atoms with E-state index in [0.717, 1.165) is 27.8 Å². The third kappa shape index (κ3) is 5.69. The highest BCUT2D eigenvalue weighted by Gasteiger charge is 2.36. The predicted molar refractivity (Wildman–Crippen MR) is 173 cm³/mol. The molecule has 0 radical (unpaired) electrons. The number of carboxylic acids is 1. The fraction of sp³-hybridized carbons (Fsp3) is 0.273. The van der Waals surface area contributed by atoms with E-state index in [0.29, 0.717) is 44.0 Å². The van der Waals surface area contributed by atoms with Crippen molar-refractivity contribution in [3.63, 3.8) is 0 Å². The Hall–Kier alpha value is -4.22. The first-order valence-corrected chi connectivity index (χ1v) is 15.8. The fourth-order valence-corrected chi connectivity index (χ4v) is 6.97. The fourth-order valence-electron chi connectivity index (χ4n) is 5.58. The van der Waals surface area contributed by atoms with E-state index in [2.05, 4.69) is 15.9 Å². The second kappa shape index (κ2) is 12.8. The molecule has 0 spiro atoms. The summed E-state index contributed by atoms with van der Waals surface area (Å²) in [7, 11) is 1.55. The molecule has 228 valence electrons. The maximum absolute atomic E-state index is 14.3. The number of fused-ring (bicyclic) bond motifs is 1. The number of benzene rings is 2. The van der Waals surface area contributed by atoms with Crippen LogP contribution in [0.1, 0.15) is 65.6 Å². The van der Waals surface area contributed by atoms with Crippen molar-refractivity contribution in [3.8, 4) is 11.4 Å². The van der Waals surface area contributed by atoms with Crippen molar-refractivity contribution in [1.29, 1.82) is 0 Å². The van der Waals surface area contributed by atoms with Gasteiger partial charge in [0, 0.05) is 27.1 Å². The largest absolute Gasteiger partial charge is 0.496 e. The van der Waals surface area contributed by atoms with E-state index in [1.165, 1.54) is 11.3 Å². The number of allylic oxidation sites excluding steroid dienone is 1. The zero-order valence-corrected chi connectivity index (χ0v) is 27.4. The average Bonchev–Trinajstić information content (AvgIpc) is 3.45. The van der Waals surface area contributed by atoms with Gasteiger partial charge in [-0.05, 0) is 81.3 Å². The highest BCUT2D eigenvalue weighted by Crippen LogP contribution is 2.38. The van der Waals surface area contributed by atoms with Crippen LogP contribution in [0.3, 0.4) is 0 Å².